The van der Waals surface area contributed by atoms with Gasteiger partial charge in [-0.15, -0.1) is 16.4 Å². The summed E-state index contributed by atoms with van der Waals surface area (Å²) in [5.74, 6) is 0.981. The largest absolute Gasteiger partial charge is 0.420 e. The van der Waals surface area contributed by atoms with E-state index in [2.05, 4.69) is 40.5 Å². The first kappa shape index (κ1) is 18.0. The molecule has 5 rings (SSSR count). The van der Waals surface area contributed by atoms with Gasteiger partial charge in [0.05, 0.1) is 17.2 Å². The number of benzene rings is 1. The number of nitriles is 1. The van der Waals surface area contributed by atoms with Crippen molar-refractivity contribution in [3.05, 3.63) is 69.2 Å². The van der Waals surface area contributed by atoms with Crippen LogP contribution in [-0.2, 0) is 0 Å². The molecule has 0 bridgehead atoms. The molecule has 3 aromatic rings. The van der Waals surface area contributed by atoms with Crippen molar-refractivity contribution >= 4 is 11.3 Å². The Morgan fingerprint density at radius 1 is 1.14 bits per heavy atom. The van der Waals surface area contributed by atoms with Gasteiger partial charge in [-0.25, -0.2) is 0 Å². The zero-order valence-electron chi connectivity index (χ0n) is 16.0. The van der Waals surface area contributed by atoms with Crippen LogP contribution in [0.3, 0.4) is 0 Å². The Bertz CT molecular complexity index is 1080. The number of nitrogens with two attached hydrogens (primary N) is 1. The second kappa shape index (κ2) is 7.41. The average Bonchev–Trinajstić information content (AvgIpc) is 3.44. The van der Waals surface area contributed by atoms with Gasteiger partial charge in [0.15, 0.2) is 0 Å². The van der Waals surface area contributed by atoms with E-state index in [0.717, 1.165) is 21.7 Å². The molecule has 0 spiro atoms. The Hall–Kier alpha value is -3.04. The zero-order valence-corrected chi connectivity index (χ0v) is 16.8. The second-order valence-electron chi connectivity index (χ2n) is 7.71. The van der Waals surface area contributed by atoms with Crippen LogP contribution in [0.5, 0.6) is 5.88 Å². The standard InChI is InChI=1S/C23H22N4OS/c24-13-17-19(18-7-4-12-29-18)20-21(26-27-23(20)28-22(17)25)16-10-8-15(9-11-16)14-5-2-1-3-6-14/h4,7-12,14,19H,1-3,5-6,25H2,(H,26,27). The molecule has 0 radical (unpaired) electrons. The predicted molar refractivity (Wildman–Crippen MR) is 113 cm³/mol. The van der Waals surface area contributed by atoms with Gasteiger partial charge < -0.3 is 10.5 Å². The molecule has 3 heterocycles. The van der Waals surface area contributed by atoms with Crippen LogP contribution in [0, 0.1) is 11.3 Å². The summed E-state index contributed by atoms with van der Waals surface area (Å²) in [4.78, 5) is 1.05. The molecular weight excluding hydrogens is 380 g/mol. The molecule has 1 atom stereocenters. The smallest absolute Gasteiger partial charge is 0.244 e. The number of fused-ring (bicyclic) bond motifs is 1. The highest BCUT2D eigenvalue weighted by atomic mass is 32.1. The van der Waals surface area contributed by atoms with Gasteiger partial charge in [-0.1, -0.05) is 49.6 Å². The fraction of sp³-hybridized carbons (Fsp3) is 0.304. The minimum Gasteiger partial charge on any atom is -0.420 e. The van der Waals surface area contributed by atoms with Crippen LogP contribution in [0.25, 0.3) is 11.3 Å². The number of nitrogens with one attached hydrogen (secondary N) is 1. The lowest BCUT2D eigenvalue weighted by molar-refractivity contribution is 0.379. The second-order valence-corrected chi connectivity index (χ2v) is 8.69. The fourth-order valence-electron chi connectivity index (χ4n) is 4.56. The van der Waals surface area contributed by atoms with Gasteiger partial charge in [-0.2, -0.15) is 5.26 Å². The van der Waals surface area contributed by atoms with Gasteiger partial charge in [-0.05, 0) is 35.8 Å². The summed E-state index contributed by atoms with van der Waals surface area (Å²) >= 11 is 1.60. The highest BCUT2D eigenvalue weighted by molar-refractivity contribution is 7.10. The first-order chi connectivity index (χ1) is 14.3. The lowest BCUT2D eigenvalue weighted by Gasteiger charge is -2.23. The van der Waals surface area contributed by atoms with Crippen molar-refractivity contribution in [3.8, 4) is 23.2 Å². The number of ether oxygens (including phenoxy) is 1. The molecule has 5 nitrogen and oxygen atoms in total. The Morgan fingerprint density at radius 3 is 2.62 bits per heavy atom. The molecule has 146 valence electrons. The van der Waals surface area contributed by atoms with Crippen molar-refractivity contribution in [2.24, 2.45) is 5.73 Å². The number of aromatic amines is 1. The third-order valence-electron chi connectivity index (χ3n) is 6.04. The van der Waals surface area contributed by atoms with Gasteiger partial charge >= 0.3 is 0 Å². The average molecular weight is 403 g/mol. The number of thiophene rings is 1. The summed E-state index contributed by atoms with van der Waals surface area (Å²) in [5.41, 5.74) is 10.7. The van der Waals surface area contributed by atoms with Crippen LogP contribution in [-0.4, -0.2) is 10.2 Å². The van der Waals surface area contributed by atoms with E-state index in [-0.39, 0.29) is 11.8 Å². The fourth-order valence-corrected chi connectivity index (χ4v) is 5.41. The summed E-state index contributed by atoms with van der Waals surface area (Å²) in [7, 11) is 0. The SMILES string of the molecule is N#CC1=C(N)Oc2n[nH]c(-c3ccc(C4CCCCC4)cc3)c2C1c1cccs1. The number of rotatable bonds is 3. The van der Waals surface area contributed by atoms with Crippen molar-refractivity contribution < 1.29 is 4.74 Å². The highest BCUT2D eigenvalue weighted by Gasteiger charge is 2.36. The minimum absolute atomic E-state index is 0.129. The van der Waals surface area contributed by atoms with E-state index in [0.29, 0.717) is 17.4 Å². The summed E-state index contributed by atoms with van der Waals surface area (Å²) in [6.45, 7) is 0. The number of aromatic nitrogens is 2. The maximum Gasteiger partial charge on any atom is 0.244 e. The minimum atomic E-state index is -0.268. The van der Waals surface area contributed by atoms with E-state index < -0.39 is 0 Å². The quantitative estimate of drug-likeness (QED) is 0.614. The van der Waals surface area contributed by atoms with Gasteiger partial charge in [0.1, 0.15) is 11.6 Å². The molecule has 2 aromatic heterocycles. The zero-order chi connectivity index (χ0) is 19.8. The van der Waals surface area contributed by atoms with E-state index in [1.54, 1.807) is 11.3 Å². The topological polar surface area (TPSA) is 87.7 Å². The van der Waals surface area contributed by atoms with Gasteiger partial charge in [0, 0.05) is 10.4 Å². The van der Waals surface area contributed by atoms with E-state index in [1.807, 2.05) is 17.5 Å². The third kappa shape index (κ3) is 3.12. The number of hydrogen-bond donors (Lipinski definition) is 2. The molecule has 2 aliphatic rings. The van der Waals surface area contributed by atoms with Crippen molar-refractivity contribution in [1.29, 1.82) is 5.26 Å². The number of allylic oxidation sites excluding steroid dienone is 1. The molecule has 29 heavy (non-hydrogen) atoms. The van der Waals surface area contributed by atoms with Crippen LogP contribution >= 0.6 is 11.3 Å². The van der Waals surface area contributed by atoms with Crippen molar-refractivity contribution in [3.63, 3.8) is 0 Å². The number of nitrogens with zero attached hydrogens (tertiary/aromatic N) is 2. The van der Waals surface area contributed by atoms with Crippen molar-refractivity contribution in [2.75, 3.05) is 0 Å². The molecular formula is C23H22N4OS. The van der Waals surface area contributed by atoms with Crippen molar-refractivity contribution in [1.82, 2.24) is 10.2 Å². The maximum atomic E-state index is 9.74. The lowest BCUT2D eigenvalue weighted by Crippen LogP contribution is -2.20. The molecule has 6 heteroatoms. The molecule has 1 aliphatic carbocycles. The maximum absolute atomic E-state index is 9.74. The van der Waals surface area contributed by atoms with Crippen molar-refractivity contribution in [2.45, 2.75) is 43.9 Å². The van der Waals surface area contributed by atoms with E-state index in [4.69, 9.17) is 10.5 Å². The van der Waals surface area contributed by atoms with E-state index in [9.17, 15) is 5.26 Å². The van der Waals surface area contributed by atoms with Crippen LogP contribution in [0.4, 0.5) is 0 Å². The first-order valence-electron chi connectivity index (χ1n) is 10.1. The molecule has 1 aliphatic heterocycles. The molecule has 1 fully saturated rings. The predicted octanol–water partition coefficient (Wildman–Crippen LogP) is 5.40. The monoisotopic (exact) mass is 402 g/mol. The summed E-state index contributed by atoms with van der Waals surface area (Å²) in [6, 6.07) is 15.0. The lowest BCUT2D eigenvalue weighted by atomic mass is 9.83. The molecule has 1 unspecified atom stereocenters. The highest BCUT2D eigenvalue weighted by Crippen LogP contribution is 2.46. The number of H-pyrrole nitrogens is 1. The van der Waals surface area contributed by atoms with Gasteiger partial charge in [0.2, 0.25) is 11.8 Å². The van der Waals surface area contributed by atoms with Gasteiger partial charge in [-0.3, -0.25) is 5.10 Å². The normalized spacial score (nSPS) is 19.5. The van der Waals surface area contributed by atoms with Crippen LogP contribution in [0.15, 0.2) is 53.2 Å². The summed E-state index contributed by atoms with van der Waals surface area (Å²) in [6.07, 6.45) is 6.57. The van der Waals surface area contributed by atoms with E-state index >= 15 is 0 Å². The Balaban J connectivity index is 1.55. The van der Waals surface area contributed by atoms with Crippen LogP contribution in [0.2, 0.25) is 0 Å². The van der Waals surface area contributed by atoms with Gasteiger partial charge in [0.25, 0.3) is 0 Å². The Labute approximate surface area is 173 Å². The Morgan fingerprint density at radius 2 is 1.93 bits per heavy atom. The third-order valence-corrected chi connectivity index (χ3v) is 6.98. The number of hydrogen-bond acceptors (Lipinski definition) is 5. The molecule has 1 aromatic carbocycles. The summed E-state index contributed by atoms with van der Waals surface area (Å²) in [5, 5.41) is 19.2. The molecule has 0 amide bonds. The van der Waals surface area contributed by atoms with Crippen LogP contribution in [0.1, 0.15) is 59.9 Å². The molecule has 1 saturated carbocycles. The molecule has 0 saturated heterocycles. The van der Waals surface area contributed by atoms with E-state index in [1.165, 1.54) is 37.7 Å². The first-order valence-corrected chi connectivity index (χ1v) is 10.9. The Kier molecular flexibility index (Phi) is 4.61. The summed E-state index contributed by atoms with van der Waals surface area (Å²) < 4.78 is 5.68. The molecule has 3 N–H and O–H groups in total. The van der Waals surface area contributed by atoms with Crippen LogP contribution < -0.4 is 10.5 Å².